The molecular weight excluding hydrogens is 262 g/mol. The van der Waals surface area contributed by atoms with E-state index < -0.39 is 0 Å². The number of para-hydroxylation sites is 1. The van der Waals surface area contributed by atoms with Gasteiger partial charge in [0.05, 0.1) is 17.8 Å². The minimum Gasteiger partial charge on any atom is -0.364 e. The summed E-state index contributed by atoms with van der Waals surface area (Å²) in [5, 5.41) is 11.9. The van der Waals surface area contributed by atoms with E-state index in [4.69, 9.17) is 5.26 Å². The van der Waals surface area contributed by atoms with Crippen LogP contribution in [0.4, 0.5) is 5.69 Å². The molecule has 0 bridgehead atoms. The lowest BCUT2D eigenvalue weighted by molar-refractivity contribution is -0.119. The summed E-state index contributed by atoms with van der Waals surface area (Å²) >= 11 is 0. The van der Waals surface area contributed by atoms with Crippen molar-refractivity contribution in [2.45, 2.75) is 6.54 Å². The fraction of sp³-hybridized carbons (Fsp3) is 0.176. The minimum atomic E-state index is -0.0749. The number of rotatable bonds is 5. The first-order valence-corrected chi connectivity index (χ1v) is 6.71. The van der Waals surface area contributed by atoms with E-state index in [9.17, 15) is 4.79 Å². The number of amides is 1. The molecule has 0 atom stereocenters. The Kier molecular flexibility index (Phi) is 4.94. The highest BCUT2D eigenvalue weighted by Gasteiger charge is 2.10. The molecule has 21 heavy (non-hydrogen) atoms. The first kappa shape index (κ1) is 14.6. The monoisotopic (exact) mass is 279 g/mol. The van der Waals surface area contributed by atoms with Crippen LogP contribution in [0.2, 0.25) is 0 Å². The van der Waals surface area contributed by atoms with Crippen LogP contribution < -0.4 is 10.2 Å². The maximum atomic E-state index is 12.0. The molecular formula is C17H17N3O. The highest BCUT2D eigenvalue weighted by Crippen LogP contribution is 2.17. The van der Waals surface area contributed by atoms with Gasteiger partial charge in [-0.2, -0.15) is 5.26 Å². The van der Waals surface area contributed by atoms with E-state index in [1.165, 1.54) is 0 Å². The van der Waals surface area contributed by atoms with Gasteiger partial charge in [0.25, 0.3) is 0 Å². The average molecular weight is 279 g/mol. The number of likely N-dealkylation sites (N-methyl/N-ethyl adjacent to an activating group) is 1. The van der Waals surface area contributed by atoms with Crippen LogP contribution in [0.15, 0.2) is 54.6 Å². The van der Waals surface area contributed by atoms with Gasteiger partial charge >= 0.3 is 0 Å². The smallest absolute Gasteiger partial charge is 0.239 e. The highest BCUT2D eigenvalue weighted by atomic mass is 16.2. The van der Waals surface area contributed by atoms with Gasteiger partial charge in [-0.15, -0.1) is 0 Å². The Morgan fingerprint density at radius 2 is 1.81 bits per heavy atom. The van der Waals surface area contributed by atoms with Crippen LogP contribution in [0.25, 0.3) is 0 Å². The molecule has 0 saturated heterocycles. The molecule has 0 aliphatic rings. The first-order chi connectivity index (χ1) is 10.2. The van der Waals surface area contributed by atoms with Gasteiger partial charge in [-0.3, -0.25) is 4.79 Å². The fourth-order valence-electron chi connectivity index (χ4n) is 2.05. The number of nitrogens with one attached hydrogen (secondary N) is 1. The summed E-state index contributed by atoms with van der Waals surface area (Å²) in [6.45, 7) is 0.721. The van der Waals surface area contributed by atoms with Crippen molar-refractivity contribution >= 4 is 11.6 Å². The molecule has 1 amide bonds. The summed E-state index contributed by atoms with van der Waals surface area (Å²) in [5.41, 5.74) is 2.39. The number of hydrogen-bond donors (Lipinski definition) is 1. The lowest BCUT2D eigenvalue weighted by atomic mass is 10.2. The molecule has 2 rings (SSSR count). The fourth-order valence-corrected chi connectivity index (χ4v) is 2.05. The third kappa shape index (κ3) is 4.08. The number of benzene rings is 2. The van der Waals surface area contributed by atoms with E-state index in [0.29, 0.717) is 12.1 Å². The second-order valence-electron chi connectivity index (χ2n) is 4.75. The number of hydrogen-bond acceptors (Lipinski definition) is 3. The van der Waals surface area contributed by atoms with Crippen molar-refractivity contribution in [3.05, 3.63) is 65.7 Å². The predicted octanol–water partition coefficient (Wildman–Crippen LogP) is 2.31. The van der Waals surface area contributed by atoms with Gasteiger partial charge in [0.1, 0.15) is 6.07 Å². The average Bonchev–Trinajstić information content (AvgIpc) is 2.53. The Hall–Kier alpha value is -2.80. The summed E-state index contributed by atoms with van der Waals surface area (Å²) in [6, 6.07) is 19.1. The van der Waals surface area contributed by atoms with Crippen LogP contribution in [0.5, 0.6) is 0 Å². The van der Waals surface area contributed by atoms with Crippen LogP contribution in [0, 0.1) is 11.3 Å². The van der Waals surface area contributed by atoms with Gasteiger partial charge in [-0.05, 0) is 17.7 Å². The molecule has 0 unspecified atom stereocenters. The summed E-state index contributed by atoms with van der Waals surface area (Å²) in [7, 11) is 1.80. The molecule has 0 radical (unpaired) electrons. The molecule has 0 aliphatic carbocycles. The zero-order valence-electron chi connectivity index (χ0n) is 11.9. The van der Waals surface area contributed by atoms with Crippen LogP contribution >= 0.6 is 0 Å². The van der Waals surface area contributed by atoms with Gasteiger partial charge in [0.2, 0.25) is 5.91 Å². The molecule has 0 fully saturated rings. The van der Waals surface area contributed by atoms with Crippen molar-refractivity contribution in [3.63, 3.8) is 0 Å². The normalized spacial score (nSPS) is 9.71. The Bertz CT molecular complexity index is 647. The van der Waals surface area contributed by atoms with Crippen molar-refractivity contribution in [1.29, 1.82) is 5.26 Å². The summed E-state index contributed by atoms with van der Waals surface area (Å²) < 4.78 is 0. The molecule has 1 N–H and O–H groups in total. The Morgan fingerprint density at radius 1 is 1.14 bits per heavy atom. The number of nitriles is 1. The number of nitrogens with zero attached hydrogens (tertiary/aromatic N) is 2. The van der Waals surface area contributed by atoms with E-state index in [-0.39, 0.29) is 12.5 Å². The van der Waals surface area contributed by atoms with Crippen LogP contribution in [0.3, 0.4) is 0 Å². The van der Waals surface area contributed by atoms with Crippen molar-refractivity contribution in [2.75, 3.05) is 18.5 Å². The zero-order chi connectivity index (χ0) is 15.1. The molecule has 0 heterocycles. The SMILES string of the molecule is CN(CC(=O)NCc1ccccc1)c1ccccc1C#N. The third-order valence-electron chi connectivity index (χ3n) is 3.15. The quantitative estimate of drug-likeness (QED) is 0.913. The Labute approximate surface area is 124 Å². The van der Waals surface area contributed by atoms with E-state index in [1.54, 1.807) is 18.0 Å². The Balaban J connectivity index is 1.92. The minimum absolute atomic E-state index is 0.0749. The number of carbonyl (C=O) groups is 1. The summed E-state index contributed by atoms with van der Waals surface area (Å²) in [5.74, 6) is -0.0749. The maximum absolute atomic E-state index is 12.0. The lowest BCUT2D eigenvalue weighted by Gasteiger charge is -2.19. The van der Waals surface area contributed by atoms with Gasteiger partial charge in [-0.1, -0.05) is 42.5 Å². The predicted molar refractivity (Wildman–Crippen MR) is 82.7 cm³/mol. The molecule has 4 nitrogen and oxygen atoms in total. The van der Waals surface area contributed by atoms with E-state index in [2.05, 4.69) is 11.4 Å². The van der Waals surface area contributed by atoms with Crippen molar-refractivity contribution in [3.8, 4) is 6.07 Å². The number of anilines is 1. The van der Waals surface area contributed by atoms with Crippen LogP contribution in [0.1, 0.15) is 11.1 Å². The lowest BCUT2D eigenvalue weighted by Crippen LogP contribution is -2.35. The van der Waals surface area contributed by atoms with E-state index in [1.807, 2.05) is 48.5 Å². The second kappa shape index (κ2) is 7.11. The third-order valence-corrected chi connectivity index (χ3v) is 3.15. The molecule has 0 aromatic heterocycles. The van der Waals surface area contributed by atoms with Gasteiger partial charge in [-0.25, -0.2) is 0 Å². The van der Waals surface area contributed by atoms with E-state index >= 15 is 0 Å². The molecule has 106 valence electrons. The number of carbonyl (C=O) groups excluding carboxylic acids is 1. The van der Waals surface area contributed by atoms with Gasteiger partial charge in [0, 0.05) is 13.6 Å². The topological polar surface area (TPSA) is 56.1 Å². The van der Waals surface area contributed by atoms with Crippen molar-refractivity contribution in [2.24, 2.45) is 0 Å². The van der Waals surface area contributed by atoms with Crippen molar-refractivity contribution in [1.82, 2.24) is 5.32 Å². The van der Waals surface area contributed by atoms with Gasteiger partial charge in [0.15, 0.2) is 0 Å². The molecule has 0 spiro atoms. The molecule has 0 saturated carbocycles. The largest absolute Gasteiger partial charge is 0.364 e. The van der Waals surface area contributed by atoms with Gasteiger partial charge < -0.3 is 10.2 Å². The zero-order valence-corrected chi connectivity index (χ0v) is 11.9. The standard InChI is InChI=1S/C17H17N3O/c1-20(16-10-6-5-9-15(16)11-18)13-17(21)19-12-14-7-3-2-4-8-14/h2-10H,12-13H2,1H3,(H,19,21). The van der Waals surface area contributed by atoms with E-state index in [0.717, 1.165) is 11.3 Å². The summed E-state index contributed by atoms with van der Waals surface area (Å²) in [4.78, 5) is 13.7. The van der Waals surface area contributed by atoms with Crippen LogP contribution in [-0.4, -0.2) is 19.5 Å². The first-order valence-electron chi connectivity index (χ1n) is 6.71. The second-order valence-corrected chi connectivity index (χ2v) is 4.75. The van der Waals surface area contributed by atoms with Crippen LogP contribution in [-0.2, 0) is 11.3 Å². The molecule has 2 aromatic carbocycles. The molecule has 0 aliphatic heterocycles. The molecule has 2 aromatic rings. The Morgan fingerprint density at radius 3 is 2.52 bits per heavy atom. The maximum Gasteiger partial charge on any atom is 0.239 e. The highest BCUT2D eigenvalue weighted by molar-refractivity contribution is 5.81. The van der Waals surface area contributed by atoms with Crippen molar-refractivity contribution < 1.29 is 4.79 Å². The molecule has 4 heteroatoms. The summed E-state index contributed by atoms with van der Waals surface area (Å²) in [6.07, 6.45) is 0.